The topological polar surface area (TPSA) is 145 Å². The number of carbonyl (C=O) groups is 2. The molecular formula is C17H11N3O7S2. The van der Waals surface area contributed by atoms with Gasteiger partial charge in [-0.1, -0.05) is 18.2 Å². The molecule has 0 radical (unpaired) electrons. The molecule has 1 fully saturated rings. The van der Waals surface area contributed by atoms with Crippen molar-refractivity contribution in [1.29, 1.82) is 0 Å². The summed E-state index contributed by atoms with van der Waals surface area (Å²) in [5.41, 5.74) is -0.130. The molecule has 2 amide bonds. The first-order chi connectivity index (χ1) is 13.7. The van der Waals surface area contributed by atoms with Crippen molar-refractivity contribution in [3.63, 3.8) is 0 Å². The molecule has 1 aliphatic heterocycles. The van der Waals surface area contributed by atoms with Crippen LogP contribution < -0.4 is 14.8 Å². The summed E-state index contributed by atoms with van der Waals surface area (Å²) in [6.07, 6.45) is 1.30. The normalized spacial score (nSPS) is 14.1. The van der Waals surface area contributed by atoms with E-state index >= 15 is 0 Å². The minimum Gasteiger partial charge on any atom is -0.379 e. The van der Waals surface area contributed by atoms with Crippen LogP contribution in [0.2, 0.25) is 0 Å². The summed E-state index contributed by atoms with van der Waals surface area (Å²) in [4.78, 5) is 33.4. The van der Waals surface area contributed by atoms with Gasteiger partial charge in [-0.15, -0.1) is 0 Å². The fraction of sp³-hybridized carbons (Fsp3) is 0. The molecule has 2 N–H and O–H groups in total. The van der Waals surface area contributed by atoms with Crippen molar-refractivity contribution in [1.82, 2.24) is 10.6 Å². The van der Waals surface area contributed by atoms with E-state index in [0.29, 0.717) is 5.56 Å². The zero-order chi connectivity index (χ0) is 21.2. The van der Waals surface area contributed by atoms with E-state index in [0.717, 1.165) is 12.1 Å². The van der Waals surface area contributed by atoms with Crippen LogP contribution in [0.1, 0.15) is 5.56 Å². The fourth-order valence-corrected chi connectivity index (χ4v) is 3.48. The second kappa shape index (κ2) is 7.77. The van der Waals surface area contributed by atoms with Gasteiger partial charge in [-0.05, 0) is 42.1 Å². The molecule has 1 aliphatic rings. The number of nitrogens with zero attached hydrogens (tertiary/aromatic N) is 1. The molecule has 2 aromatic rings. The lowest BCUT2D eigenvalue weighted by molar-refractivity contribution is -0.385. The second-order valence-corrected chi connectivity index (χ2v) is 7.61. The highest BCUT2D eigenvalue weighted by molar-refractivity contribution is 7.87. The first kappa shape index (κ1) is 20.1. The Kier molecular flexibility index (Phi) is 5.39. The lowest BCUT2D eigenvalue weighted by Crippen LogP contribution is -2.51. The van der Waals surface area contributed by atoms with E-state index in [1.807, 2.05) is 0 Å². The Morgan fingerprint density at radius 1 is 1.03 bits per heavy atom. The molecule has 3 rings (SSSR count). The first-order valence-corrected chi connectivity index (χ1v) is 9.65. The Labute approximate surface area is 169 Å². The summed E-state index contributed by atoms with van der Waals surface area (Å²) in [6.45, 7) is 0. The van der Waals surface area contributed by atoms with Gasteiger partial charge < -0.3 is 4.18 Å². The predicted octanol–water partition coefficient (Wildman–Crippen LogP) is 1.28. The van der Waals surface area contributed by atoms with Crippen LogP contribution in [0.25, 0.3) is 6.08 Å². The second-order valence-electron chi connectivity index (χ2n) is 5.66. The number of benzene rings is 2. The summed E-state index contributed by atoms with van der Waals surface area (Å²) in [7, 11) is -4.30. The van der Waals surface area contributed by atoms with Crippen LogP contribution in [0.5, 0.6) is 5.75 Å². The molecule has 1 heterocycles. The number of amides is 2. The number of rotatable bonds is 5. The molecule has 148 valence electrons. The van der Waals surface area contributed by atoms with E-state index in [1.165, 1.54) is 42.5 Å². The number of carbonyl (C=O) groups excluding carboxylic acids is 2. The molecule has 10 nitrogen and oxygen atoms in total. The monoisotopic (exact) mass is 433 g/mol. The van der Waals surface area contributed by atoms with Gasteiger partial charge in [0.25, 0.3) is 17.5 Å². The highest BCUT2D eigenvalue weighted by Crippen LogP contribution is 2.23. The maximum Gasteiger partial charge on any atom is 0.339 e. The zero-order valence-electron chi connectivity index (χ0n) is 14.3. The van der Waals surface area contributed by atoms with Crippen molar-refractivity contribution in [2.45, 2.75) is 4.90 Å². The Morgan fingerprint density at radius 2 is 1.66 bits per heavy atom. The lowest BCUT2D eigenvalue weighted by atomic mass is 10.1. The maximum atomic E-state index is 12.3. The third-order valence-electron chi connectivity index (χ3n) is 3.66. The van der Waals surface area contributed by atoms with Crippen LogP contribution in [0.15, 0.2) is 59.0 Å². The molecule has 0 spiro atoms. The van der Waals surface area contributed by atoms with Gasteiger partial charge in [0.1, 0.15) is 16.2 Å². The van der Waals surface area contributed by atoms with Gasteiger partial charge in [-0.25, -0.2) is 0 Å². The molecule has 0 aliphatic carbocycles. The predicted molar refractivity (Wildman–Crippen MR) is 104 cm³/mol. The van der Waals surface area contributed by atoms with Gasteiger partial charge >= 0.3 is 10.1 Å². The number of hydrogen-bond acceptors (Lipinski definition) is 8. The largest absolute Gasteiger partial charge is 0.379 e. The molecule has 0 saturated carbocycles. The van der Waals surface area contributed by atoms with Crippen LogP contribution >= 0.6 is 12.2 Å². The van der Waals surface area contributed by atoms with Crippen molar-refractivity contribution in [2.24, 2.45) is 0 Å². The number of hydrogen-bond donors (Lipinski definition) is 2. The van der Waals surface area contributed by atoms with Gasteiger partial charge in [0.05, 0.1) is 4.92 Å². The summed E-state index contributed by atoms with van der Waals surface area (Å²) >= 11 is 4.71. The van der Waals surface area contributed by atoms with Crippen LogP contribution in [0, 0.1) is 10.1 Å². The van der Waals surface area contributed by atoms with Crippen LogP contribution in [0.3, 0.4) is 0 Å². The van der Waals surface area contributed by atoms with Gasteiger partial charge in [-0.2, -0.15) is 8.42 Å². The summed E-state index contributed by atoms with van der Waals surface area (Å²) < 4.78 is 29.6. The van der Waals surface area contributed by atoms with E-state index in [4.69, 9.17) is 16.4 Å². The van der Waals surface area contributed by atoms with E-state index in [9.17, 15) is 28.1 Å². The Balaban J connectivity index is 1.80. The van der Waals surface area contributed by atoms with Crippen molar-refractivity contribution in [2.75, 3.05) is 0 Å². The quantitative estimate of drug-likeness (QED) is 0.179. The molecule has 0 unspecified atom stereocenters. The van der Waals surface area contributed by atoms with Gasteiger partial charge in [-0.3, -0.25) is 30.3 Å². The van der Waals surface area contributed by atoms with E-state index in [-0.39, 0.29) is 27.0 Å². The van der Waals surface area contributed by atoms with Crippen LogP contribution in [-0.2, 0) is 19.7 Å². The highest BCUT2D eigenvalue weighted by atomic mass is 32.2. The molecule has 12 heteroatoms. The maximum absolute atomic E-state index is 12.3. The average molecular weight is 433 g/mol. The Morgan fingerprint density at radius 3 is 2.24 bits per heavy atom. The summed E-state index contributed by atoms with van der Waals surface area (Å²) in [6, 6.07) is 9.93. The molecule has 0 atom stereocenters. The number of non-ortho nitro benzene ring substituents is 1. The van der Waals surface area contributed by atoms with Crippen molar-refractivity contribution in [3.8, 4) is 5.75 Å². The molecule has 2 aromatic carbocycles. The Bertz CT molecular complexity index is 1150. The number of thiocarbonyl (C=S) groups is 1. The Hall–Kier alpha value is -3.64. The van der Waals surface area contributed by atoms with Gasteiger partial charge in [0, 0.05) is 12.1 Å². The van der Waals surface area contributed by atoms with E-state index < -0.39 is 26.9 Å². The van der Waals surface area contributed by atoms with Crippen LogP contribution in [-0.4, -0.2) is 30.3 Å². The molecule has 0 aromatic heterocycles. The molecular weight excluding hydrogens is 422 g/mol. The average Bonchev–Trinajstić information content (AvgIpc) is 2.66. The van der Waals surface area contributed by atoms with Crippen molar-refractivity contribution in [3.05, 3.63) is 69.8 Å². The third kappa shape index (κ3) is 4.62. The SMILES string of the molecule is O=C1NC(=S)NC(=O)C1=Cc1ccc(OS(=O)(=O)c2cccc([N+](=O)[O-])c2)cc1. The zero-order valence-corrected chi connectivity index (χ0v) is 16.0. The number of nitro benzene ring substituents is 1. The van der Waals surface area contributed by atoms with Gasteiger partial charge in [0.2, 0.25) is 0 Å². The fourth-order valence-electron chi connectivity index (χ4n) is 2.32. The lowest BCUT2D eigenvalue weighted by Gasteiger charge is -2.16. The number of nitrogens with one attached hydrogen (secondary N) is 2. The minimum atomic E-state index is -4.30. The summed E-state index contributed by atoms with van der Waals surface area (Å²) in [5, 5.41) is 15.3. The smallest absolute Gasteiger partial charge is 0.339 e. The molecule has 0 bridgehead atoms. The number of nitro groups is 1. The standard InChI is InChI=1S/C17H11N3O7S2/c21-15-14(16(22)19-17(28)18-15)8-10-4-6-12(7-5-10)27-29(25,26)13-3-1-2-11(9-13)20(23)24/h1-9H,(H2,18,19,21,22,28). The molecule has 1 saturated heterocycles. The molecule has 29 heavy (non-hydrogen) atoms. The van der Waals surface area contributed by atoms with E-state index in [2.05, 4.69) is 10.6 Å². The summed E-state index contributed by atoms with van der Waals surface area (Å²) in [5.74, 6) is -1.38. The van der Waals surface area contributed by atoms with Crippen molar-refractivity contribution < 1.29 is 27.1 Å². The van der Waals surface area contributed by atoms with Crippen LogP contribution in [0.4, 0.5) is 5.69 Å². The van der Waals surface area contributed by atoms with Gasteiger partial charge in [0.15, 0.2) is 5.11 Å². The van der Waals surface area contributed by atoms with E-state index in [1.54, 1.807) is 0 Å². The highest BCUT2D eigenvalue weighted by Gasteiger charge is 2.25. The minimum absolute atomic E-state index is 0.0580. The first-order valence-electron chi connectivity index (χ1n) is 7.83. The van der Waals surface area contributed by atoms with Crippen molar-refractivity contribution >= 4 is 51.0 Å². The third-order valence-corrected chi connectivity index (χ3v) is 5.10.